The molecule has 1 amide bonds. The highest BCUT2D eigenvalue weighted by Gasteiger charge is 2.35. The van der Waals surface area contributed by atoms with Crippen LogP contribution in [0.2, 0.25) is 0 Å². The topological polar surface area (TPSA) is 68.0 Å². The summed E-state index contributed by atoms with van der Waals surface area (Å²) in [6.07, 6.45) is -0.159. The molecule has 1 aromatic carbocycles. The van der Waals surface area contributed by atoms with Crippen LogP contribution in [-0.4, -0.2) is 67.9 Å². The predicted octanol–water partition coefficient (Wildman–Crippen LogP) is 1.92. The number of carbonyl (C=O) groups is 1. The average molecular weight is 347 g/mol. The lowest BCUT2D eigenvalue weighted by atomic mass is 10.1. The number of carbonyl (C=O) groups excluding carboxylic acids is 1. The van der Waals surface area contributed by atoms with Crippen molar-refractivity contribution in [1.29, 1.82) is 0 Å². The van der Waals surface area contributed by atoms with E-state index >= 15 is 0 Å². The van der Waals surface area contributed by atoms with E-state index in [1.807, 2.05) is 38.1 Å². The number of hydrogen-bond acceptors (Lipinski definition) is 6. The minimum atomic E-state index is -0.363. The van der Waals surface area contributed by atoms with E-state index in [4.69, 9.17) is 13.9 Å². The Morgan fingerprint density at radius 3 is 2.88 bits per heavy atom. The van der Waals surface area contributed by atoms with E-state index < -0.39 is 0 Å². The number of hydrogen-bond donors (Lipinski definition) is 0. The molecular formula is C18H25N3O4. The molecule has 0 aliphatic carbocycles. The average Bonchev–Trinajstić information content (AvgIpc) is 2.97. The van der Waals surface area contributed by atoms with Crippen molar-refractivity contribution in [3.8, 4) is 0 Å². The molecular weight excluding hydrogens is 322 g/mol. The normalized spacial score (nSPS) is 20.0. The monoisotopic (exact) mass is 347 g/mol. The lowest BCUT2D eigenvalue weighted by Gasteiger charge is -2.42. The van der Waals surface area contributed by atoms with Gasteiger partial charge >= 0.3 is 0 Å². The summed E-state index contributed by atoms with van der Waals surface area (Å²) in [6.45, 7) is 5.73. The highest BCUT2D eigenvalue weighted by atomic mass is 16.6. The molecule has 7 nitrogen and oxygen atoms in total. The summed E-state index contributed by atoms with van der Waals surface area (Å²) in [5.41, 5.74) is 1.25. The van der Waals surface area contributed by atoms with E-state index in [-0.39, 0.29) is 24.2 Å². The van der Waals surface area contributed by atoms with E-state index in [1.54, 1.807) is 14.1 Å². The third-order valence-corrected chi connectivity index (χ3v) is 4.06. The lowest BCUT2D eigenvalue weighted by Crippen LogP contribution is -2.54. The first-order chi connectivity index (χ1) is 11.8. The Labute approximate surface area is 147 Å². The first-order valence-electron chi connectivity index (χ1n) is 8.40. The van der Waals surface area contributed by atoms with Crippen LogP contribution in [0.4, 0.5) is 6.01 Å². The predicted molar refractivity (Wildman–Crippen MR) is 94.7 cm³/mol. The van der Waals surface area contributed by atoms with Crippen LogP contribution in [0.25, 0.3) is 11.1 Å². The van der Waals surface area contributed by atoms with Gasteiger partial charge in [-0.2, -0.15) is 4.98 Å². The number of fused-ring (bicyclic) bond motifs is 1. The number of ether oxygens (including phenoxy) is 2. The molecule has 25 heavy (non-hydrogen) atoms. The number of amides is 1. The van der Waals surface area contributed by atoms with Crippen LogP contribution in [0.15, 0.2) is 28.7 Å². The third kappa shape index (κ3) is 4.29. The van der Waals surface area contributed by atoms with Gasteiger partial charge in [0.2, 0.25) is 5.91 Å². The quantitative estimate of drug-likeness (QED) is 0.823. The number of nitrogens with zero attached hydrogens (tertiary/aromatic N) is 3. The highest BCUT2D eigenvalue weighted by Crippen LogP contribution is 2.28. The van der Waals surface area contributed by atoms with Crippen molar-refractivity contribution in [3.63, 3.8) is 0 Å². The summed E-state index contributed by atoms with van der Waals surface area (Å²) >= 11 is 0. The van der Waals surface area contributed by atoms with Gasteiger partial charge in [-0.3, -0.25) is 4.79 Å². The van der Waals surface area contributed by atoms with Gasteiger partial charge in [0.05, 0.1) is 31.4 Å². The van der Waals surface area contributed by atoms with E-state index in [0.29, 0.717) is 25.7 Å². The van der Waals surface area contributed by atoms with E-state index in [9.17, 15) is 4.79 Å². The smallest absolute Gasteiger partial charge is 0.298 e. The minimum Gasteiger partial charge on any atom is -0.423 e. The molecule has 0 N–H and O–H groups in total. The maximum Gasteiger partial charge on any atom is 0.298 e. The molecule has 1 fully saturated rings. The number of benzene rings is 1. The maximum atomic E-state index is 11.6. The maximum absolute atomic E-state index is 11.6. The highest BCUT2D eigenvalue weighted by molar-refractivity contribution is 5.76. The zero-order valence-corrected chi connectivity index (χ0v) is 15.2. The van der Waals surface area contributed by atoms with Gasteiger partial charge in [0.25, 0.3) is 6.01 Å². The summed E-state index contributed by atoms with van der Waals surface area (Å²) in [7, 11) is 3.42. The number of morpholine rings is 1. The number of anilines is 1. The molecule has 1 saturated heterocycles. The largest absolute Gasteiger partial charge is 0.423 e. The second-order valence-electron chi connectivity index (χ2n) is 7.15. The summed E-state index contributed by atoms with van der Waals surface area (Å²) < 4.78 is 17.5. The number of rotatable bonds is 5. The molecule has 0 spiro atoms. The van der Waals surface area contributed by atoms with E-state index in [0.717, 1.165) is 11.1 Å². The standard InChI is InChI=1S/C18H25N3O4/c1-18(2)12-21(17-19-14-7-5-6-8-15(14)24-17)9-13(25-18)10-23-11-16(22)20(3)4/h5-8,13H,9-12H2,1-4H3. The molecule has 1 aliphatic rings. The first-order valence-corrected chi connectivity index (χ1v) is 8.40. The summed E-state index contributed by atoms with van der Waals surface area (Å²) in [5.74, 6) is -0.0640. The molecule has 1 atom stereocenters. The Balaban J connectivity index is 1.67. The number of oxazole rings is 1. The van der Waals surface area contributed by atoms with Crippen molar-refractivity contribution >= 4 is 23.0 Å². The van der Waals surface area contributed by atoms with E-state index in [1.165, 1.54) is 4.90 Å². The number of aromatic nitrogens is 1. The first kappa shape index (κ1) is 17.7. The van der Waals surface area contributed by atoms with Crippen molar-refractivity contribution < 1.29 is 18.7 Å². The van der Waals surface area contributed by atoms with Crippen molar-refractivity contribution in [1.82, 2.24) is 9.88 Å². The molecule has 0 radical (unpaired) electrons. The molecule has 1 aliphatic heterocycles. The Hall–Kier alpha value is -2.12. The van der Waals surface area contributed by atoms with Crippen LogP contribution in [0, 0.1) is 0 Å². The second-order valence-corrected chi connectivity index (χ2v) is 7.15. The molecule has 0 saturated carbocycles. The van der Waals surface area contributed by atoms with Gasteiger partial charge in [-0.25, -0.2) is 0 Å². The Morgan fingerprint density at radius 2 is 2.16 bits per heavy atom. The van der Waals surface area contributed by atoms with Crippen molar-refractivity contribution in [2.45, 2.75) is 25.6 Å². The molecule has 136 valence electrons. The van der Waals surface area contributed by atoms with E-state index in [2.05, 4.69) is 9.88 Å². The molecule has 2 heterocycles. The zero-order valence-electron chi connectivity index (χ0n) is 15.2. The van der Waals surface area contributed by atoms with Gasteiger partial charge in [0.1, 0.15) is 12.1 Å². The fraction of sp³-hybridized carbons (Fsp3) is 0.556. The Kier molecular flexibility index (Phi) is 4.96. The second kappa shape index (κ2) is 7.01. The minimum absolute atomic E-state index is 0.0518. The Bertz CT molecular complexity index is 708. The molecule has 1 aromatic heterocycles. The van der Waals surface area contributed by atoms with Crippen molar-refractivity contribution in [2.24, 2.45) is 0 Å². The zero-order chi connectivity index (χ0) is 18.0. The summed E-state index contributed by atoms with van der Waals surface area (Å²) in [4.78, 5) is 19.8. The molecule has 7 heteroatoms. The summed E-state index contributed by atoms with van der Waals surface area (Å²) in [5, 5.41) is 0. The molecule has 3 rings (SSSR count). The fourth-order valence-electron chi connectivity index (χ4n) is 2.93. The summed E-state index contributed by atoms with van der Waals surface area (Å²) in [6, 6.07) is 8.30. The number of likely N-dealkylation sites (N-methyl/N-ethyl adjacent to an activating group) is 1. The molecule has 0 bridgehead atoms. The van der Waals surface area contributed by atoms with Crippen LogP contribution >= 0.6 is 0 Å². The lowest BCUT2D eigenvalue weighted by molar-refractivity contribution is -0.139. The van der Waals surface area contributed by atoms with Crippen LogP contribution in [-0.2, 0) is 14.3 Å². The molecule has 2 aromatic rings. The van der Waals surface area contributed by atoms with Crippen LogP contribution in [0.5, 0.6) is 0 Å². The van der Waals surface area contributed by atoms with Crippen molar-refractivity contribution in [2.75, 3.05) is 45.3 Å². The van der Waals surface area contributed by atoms with Crippen molar-refractivity contribution in [3.05, 3.63) is 24.3 Å². The number of para-hydroxylation sites is 2. The van der Waals surface area contributed by atoms with Gasteiger partial charge in [0.15, 0.2) is 5.58 Å². The fourth-order valence-corrected chi connectivity index (χ4v) is 2.93. The van der Waals surface area contributed by atoms with Gasteiger partial charge in [-0.05, 0) is 26.0 Å². The van der Waals surface area contributed by atoms with Crippen LogP contribution in [0.1, 0.15) is 13.8 Å². The van der Waals surface area contributed by atoms with Gasteiger partial charge < -0.3 is 23.7 Å². The third-order valence-electron chi connectivity index (χ3n) is 4.06. The van der Waals surface area contributed by atoms with Gasteiger partial charge in [-0.15, -0.1) is 0 Å². The van der Waals surface area contributed by atoms with Crippen LogP contribution < -0.4 is 4.90 Å². The van der Waals surface area contributed by atoms with Gasteiger partial charge in [-0.1, -0.05) is 12.1 Å². The Morgan fingerprint density at radius 1 is 1.40 bits per heavy atom. The van der Waals surface area contributed by atoms with Crippen LogP contribution in [0.3, 0.4) is 0 Å². The SMILES string of the molecule is CN(C)C(=O)COCC1CN(c2nc3ccccc3o2)CC(C)(C)O1. The van der Waals surface area contributed by atoms with Gasteiger partial charge in [0, 0.05) is 14.1 Å². The molecule has 1 unspecified atom stereocenters.